The fourth-order valence-electron chi connectivity index (χ4n) is 2.13. The number of amides is 1. The van der Waals surface area contributed by atoms with Crippen molar-refractivity contribution in [3.8, 4) is 0 Å². The molecule has 1 heterocycles. The Morgan fingerprint density at radius 3 is 2.47 bits per heavy atom. The van der Waals surface area contributed by atoms with E-state index in [1.165, 1.54) is 0 Å². The minimum atomic E-state index is -0.388. The van der Waals surface area contributed by atoms with Crippen LogP contribution in [0.25, 0.3) is 0 Å². The first-order valence-electron chi connectivity index (χ1n) is 5.84. The molecule has 0 aromatic rings. The van der Waals surface area contributed by atoms with Gasteiger partial charge in [0.05, 0.1) is 0 Å². The summed E-state index contributed by atoms with van der Waals surface area (Å²) in [5.41, 5.74) is -0.388. The molecule has 1 aliphatic rings. The molecule has 1 amide bonds. The maximum atomic E-state index is 11.8. The third-order valence-corrected chi connectivity index (χ3v) is 3.07. The zero-order valence-corrected chi connectivity index (χ0v) is 10.5. The number of nitrogens with zero attached hydrogens (tertiary/aromatic N) is 1. The van der Waals surface area contributed by atoms with Crippen molar-refractivity contribution >= 4 is 6.09 Å². The standard InChI is InChI=1S/C12H23NO2/c1-6-10-7-8-13(9(10)2)11(14)15-12(3,4)5/h9-10H,6-8H2,1-5H3. The van der Waals surface area contributed by atoms with Crippen LogP contribution in [0.15, 0.2) is 0 Å². The fraction of sp³-hybridized carbons (Fsp3) is 0.917. The van der Waals surface area contributed by atoms with Crippen molar-refractivity contribution in [2.45, 2.75) is 59.1 Å². The molecule has 0 spiro atoms. The number of likely N-dealkylation sites (tertiary alicyclic amines) is 1. The van der Waals surface area contributed by atoms with Crippen molar-refractivity contribution in [3.05, 3.63) is 0 Å². The number of carbonyl (C=O) groups excluding carboxylic acids is 1. The molecule has 1 rings (SSSR count). The molecule has 0 N–H and O–H groups in total. The molecule has 2 unspecified atom stereocenters. The van der Waals surface area contributed by atoms with E-state index in [2.05, 4.69) is 13.8 Å². The van der Waals surface area contributed by atoms with E-state index < -0.39 is 0 Å². The van der Waals surface area contributed by atoms with E-state index in [1.807, 2.05) is 25.7 Å². The van der Waals surface area contributed by atoms with Crippen molar-refractivity contribution in [3.63, 3.8) is 0 Å². The molecule has 0 aromatic heterocycles. The molecule has 1 saturated heterocycles. The van der Waals surface area contributed by atoms with Gasteiger partial charge in [0, 0.05) is 12.6 Å². The molecular weight excluding hydrogens is 190 g/mol. The summed E-state index contributed by atoms with van der Waals surface area (Å²) >= 11 is 0. The van der Waals surface area contributed by atoms with Gasteiger partial charge in [-0.1, -0.05) is 13.3 Å². The first-order chi connectivity index (χ1) is 6.85. The SMILES string of the molecule is CCC1CCN(C(=O)OC(C)(C)C)C1C. The second-order valence-electron chi connectivity index (χ2n) is 5.37. The molecule has 15 heavy (non-hydrogen) atoms. The molecule has 3 nitrogen and oxygen atoms in total. The average molecular weight is 213 g/mol. The minimum absolute atomic E-state index is 0.161. The van der Waals surface area contributed by atoms with Crippen LogP contribution in [0.5, 0.6) is 0 Å². The third-order valence-electron chi connectivity index (χ3n) is 3.07. The molecule has 1 aliphatic heterocycles. The predicted octanol–water partition coefficient (Wildman–Crippen LogP) is 3.04. The van der Waals surface area contributed by atoms with Crippen LogP contribution in [0, 0.1) is 5.92 Å². The van der Waals surface area contributed by atoms with Gasteiger partial charge in [-0.25, -0.2) is 4.79 Å². The number of carbonyl (C=O) groups is 1. The Labute approximate surface area is 92.8 Å². The monoisotopic (exact) mass is 213 g/mol. The number of hydrogen-bond acceptors (Lipinski definition) is 2. The van der Waals surface area contributed by atoms with Crippen molar-refractivity contribution < 1.29 is 9.53 Å². The van der Waals surface area contributed by atoms with Gasteiger partial charge >= 0.3 is 6.09 Å². The number of ether oxygens (including phenoxy) is 1. The maximum absolute atomic E-state index is 11.8. The minimum Gasteiger partial charge on any atom is -0.444 e. The van der Waals surface area contributed by atoms with Crippen LogP contribution in [-0.4, -0.2) is 29.2 Å². The highest BCUT2D eigenvalue weighted by Crippen LogP contribution is 2.27. The van der Waals surface area contributed by atoms with Crippen molar-refractivity contribution in [2.75, 3.05) is 6.54 Å². The summed E-state index contributed by atoms with van der Waals surface area (Å²) in [6.45, 7) is 10.9. The van der Waals surface area contributed by atoms with Crippen LogP contribution in [0.2, 0.25) is 0 Å². The van der Waals surface area contributed by atoms with Crippen LogP contribution < -0.4 is 0 Å². The quantitative estimate of drug-likeness (QED) is 0.670. The summed E-state index contributed by atoms with van der Waals surface area (Å²) in [4.78, 5) is 13.7. The first-order valence-corrected chi connectivity index (χ1v) is 5.84. The van der Waals surface area contributed by atoms with Gasteiger partial charge < -0.3 is 9.64 Å². The Bertz CT molecular complexity index is 232. The Morgan fingerprint density at radius 2 is 2.07 bits per heavy atom. The normalized spacial score (nSPS) is 26.9. The smallest absolute Gasteiger partial charge is 0.410 e. The molecule has 0 radical (unpaired) electrons. The van der Waals surface area contributed by atoms with Gasteiger partial charge in [-0.15, -0.1) is 0 Å². The van der Waals surface area contributed by atoms with E-state index in [0.29, 0.717) is 12.0 Å². The Kier molecular flexibility index (Phi) is 3.63. The molecule has 1 fully saturated rings. The molecule has 3 heteroatoms. The van der Waals surface area contributed by atoms with Crippen LogP contribution >= 0.6 is 0 Å². The highest BCUT2D eigenvalue weighted by atomic mass is 16.6. The van der Waals surface area contributed by atoms with Gasteiger partial charge in [0.1, 0.15) is 5.60 Å². The second kappa shape index (κ2) is 4.42. The van der Waals surface area contributed by atoms with Crippen LogP contribution in [0.3, 0.4) is 0 Å². The van der Waals surface area contributed by atoms with Crippen LogP contribution in [-0.2, 0) is 4.74 Å². The Balaban J connectivity index is 2.55. The summed E-state index contributed by atoms with van der Waals surface area (Å²) in [5, 5.41) is 0. The third kappa shape index (κ3) is 3.11. The van der Waals surface area contributed by atoms with Crippen molar-refractivity contribution in [1.29, 1.82) is 0 Å². The largest absolute Gasteiger partial charge is 0.444 e. The molecule has 88 valence electrons. The lowest BCUT2D eigenvalue weighted by molar-refractivity contribution is 0.0222. The van der Waals surface area contributed by atoms with E-state index in [9.17, 15) is 4.79 Å². The van der Waals surface area contributed by atoms with Gasteiger partial charge in [0.25, 0.3) is 0 Å². The van der Waals surface area contributed by atoms with Gasteiger partial charge in [0.2, 0.25) is 0 Å². The molecule has 0 saturated carbocycles. The zero-order chi connectivity index (χ0) is 11.6. The lowest BCUT2D eigenvalue weighted by atomic mass is 9.99. The van der Waals surface area contributed by atoms with Crippen molar-refractivity contribution in [2.24, 2.45) is 5.92 Å². The Hall–Kier alpha value is -0.730. The molecule has 0 aromatic carbocycles. The average Bonchev–Trinajstić information content (AvgIpc) is 2.43. The van der Waals surface area contributed by atoms with Gasteiger partial charge in [-0.3, -0.25) is 0 Å². The highest BCUT2D eigenvalue weighted by Gasteiger charge is 2.34. The molecule has 0 bridgehead atoms. The zero-order valence-electron chi connectivity index (χ0n) is 10.5. The summed E-state index contributed by atoms with van der Waals surface area (Å²) in [6.07, 6.45) is 2.09. The van der Waals surface area contributed by atoms with Gasteiger partial charge in [0.15, 0.2) is 0 Å². The van der Waals surface area contributed by atoms with E-state index in [1.54, 1.807) is 0 Å². The van der Waals surface area contributed by atoms with Crippen LogP contribution in [0.4, 0.5) is 4.79 Å². The first kappa shape index (κ1) is 12.3. The summed E-state index contributed by atoms with van der Waals surface area (Å²) in [6, 6.07) is 0.324. The van der Waals surface area contributed by atoms with E-state index in [-0.39, 0.29) is 11.7 Å². The molecular formula is C12H23NO2. The summed E-state index contributed by atoms with van der Waals surface area (Å²) in [7, 11) is 0. The topological polar surface area (TPSA) is 29.5 Å². The molecule has 0 aliphatic carbocycles. The summed E-state index contributed by atoms with van der Waals surface area (Å²) < 4.78 is 5.37. The lowest BCUT2D eigenvalue weighted by Crippen LogP contribution is -2.39. The van der Waals surface area contributed by atoms with Gasteiger partial charge in [-0.2, -0.15) is 0 Å². The lowest BCUT2D eigenvalue weighted by Gasteiger charge is -2.28. The molecule has 2 atom stereocenters. The van der Waals surface area contributed by atoms with E-state index >= 15 is 0 Å². The number of hydrogen-bond donors (Lipinski definition) is 0. The maximum Gasteiger partial charge on any atom is 0.410 e. The predicted molar refractivity (Wildman–Crippen MR) is 60.8 cm³/mol. The number of rotatable bonds is 1. The van der Waals surface area contributed by atoms with E-state index in [0.717, 1.165) is 19.4 Å². The summed E-state index contributed by atoms with van der Waals surface area (Å²) in [5.74, 6) is 0.637. The van der Waals surface area contributed by atoms with E-state index in [4.69, 9.17) is 4.74 Å². The van der Waals surface area contributed by atoms with Gasteiger partial charge in [-0.05, 0) is 40.0 Å². The Morgan fingerprint density at radius 1 is 1.47 bits per heavy atom. The highest BCUT2D eigenvalue weighted by molar-refractivity contribution is 5.68. The van der Waals surface area contributed by atoms with Crippen LogP contribution in [0.1, 0.15) is 47.5 Å². The fourth-order valence-corrected chi connectivity index (χ4v) is 2.13. The second-order valence-corrected chi connectivity index (χ2v) is 5.37. The van der Waals surface area contributed by atoms with Crippen molar-refractivity contribution in [1.82, 2.24) is 4.90 Å².